The second-order valence-corrected chi connectivity index (χ2v) is 8.03. The molecule has 0 spiro atoms. The van der Waals surface area contributed by atoms with Crippen molar-refractivity contribution in [1.29, 1.82) is 0 Å². The highest BCUT2D eigenvalue weighted by Crippen LogP contribution is 2.35. The van der Waals surface area contributed by atoms with Gasteiger partial charge in [-0.2, -0.15) is 0 Å². The number of carbonyl (C=O) groups is 2. The van der Waals surface area contributed by atoms with E-state index >= 15 is 0 Å². The number of hydrogen-bond donors (Lipinski definition) is 0. The first-order valence-electron chi connectivity index (χ1n) is 10.9. The average Bonchev–Trinajstić information content (AvgIpc) is 3.17. The van der Waals surface area contributed by atoms with E-state index in [-0.39, 0.29) is 12.5 Å². The van der Waals surface area contributed by atoms with E-state index in [0.29, 0.717) is 35.9 Å². The Kier molecular flexibility index (Phi) is 5.45. The standard InChI is InChI=1S/C22H24N6O5/c1-32-19(29)14-28-22(31)27-8-5-16(12-18(27)24-28)26-9-10-33-17-11-15(13-23-20(17)26)21(30)25-6-3-2-4-7-25/h5,8,11-13H,2-4,6-7,9-10,14H2,1H3. The van der Waals surface area contributed by atoms with E-state index in [2.05, 4.69) is 14.8 Å². The Morgan fingerprint density at radius 1 is 1.15 bits per heavy atom. The molecule has 0 aromatic carbocycles. The summed E-state index contributed by atoms with van der Waals surface area (Å²) in [4.78, 5) is 45.2. The Labute approximate surface area is 189 Å². The van der Waals surface area contributed by atoms with Crippen LogP contribution in [0.1, 0.15) is 29.6 Å². The van der Waals surface area contributed by atoms with Crippen molar-refractivity contribution in [2.24, 2.45) is 0 Å². The summed E-state index contributed by atoms with van der Waals surface area (Å²) in [5.41, 5.74) is 1.25. The summed E-state index contributed by atoms with van der Waals surface area (Å²) < 4.78 is 12.9. The summed E-state index contributed by atoms with van der Waals surface area (Å²) in [6.45, 7) is 2.24. The van der Waals surface area contributed by atoms with Gasteiger partial charge in [-0.05, 0) is 31.4 Å². The second kappa shape index (κ2) is 8.57. The van der Waals surface area contributed by atoms with Gasteiger partial charge in [0.25, 0.3) is 5.91 Å². The van der Waals surface area contributed by atoms with Crippen LogP contribution in [0.25, 0.3) is 5.65 Å². The number of pyridine rings is 2. The fourth-order valence-corrected chi connectivity index (χ4v) is 4.21. The molecule has 0 unspecified atom stereocenters. The lowest BCUT2D eigenvalue weighted by molar-refractivity contribution is -0.141. The Morgan fingerprint density at radius 3 is 2.76 bits per heavy atom. The van der Waals surface area contributed by atoms with Gasteiger partial charge in [0.2, 0.25) is 0 Å². The SMILES string of the molecule is COC(=O)Cn1nc2cc(N3CCOc4cc(C(=O)N5CCCCC5)cnc43)ccn2c1=O. The molecule has 33 heavy (non-hydrogen) atoms. The molecule has 1 amide bonds. The van der Waals surface area contributed by atoms with E-state index in [9.17, 15) is 14.4 Å². The zero-order chi connectivity index (χ0) is 22.9. The topological polar surface area (TPSA) is 111 Å². The summed E-state index contributed by atoms with van der Waals surface area (Å²) >= 11 is 0. The van der Waals surface area contributed by atoms with Gasteiger partial charge in [-0.1, -0.05) is 0 Å². The Morgan fingerprint density at radius 2 is 1.97 bits per heavy atom. The van der Waals surface area contributed by atoms with Crippen LogP contribution in [0.5, 0.6) is 5.75 Å². The number of esters is 1. The average molecular weight is 452 g/mol. The van der Waals surface area contributed by atoms with E-state index in [1.165, 1.54) is 11.5 Å². The van der Waals surface area contributed by atoms with Crippen molar-refractivity contribution >= 4 is 29.0 Å². The number of likely N-dealkylation sites (tertiary alicyclic amines) is 1. The predicted octanol–water partition coefficient (Wildman–Crippen LogP) is 1.22. The van der Waals surface area contributed by atoms with Gasteiger partial charge in [0.15, 0.2) is 17.2 Å². The molecule has 2 aliphatic rings. The summed E-state index contributed by atoms with van der Waals surface area (Å²) in [5.74, 6) is 0.555. The van der Waals surface area contributed by atoms with Crippen molar-refractivity contribution in [2.45, 2.75) is 25.8 Å². The van der Waals surface area contributed by atoms with Gasteiger partial charge < -0.3 is 19.3 Å². The maximum absolute atomic E-state index is 12.9. The highest BCUT2D eigenvalue weighted by molar-refractivity contribution is 5.95. The van der Waals surface area contributed by atoms with Crippen molar-refractivity contribution in [3.05, 3.63) is 46.6 Å². The molecule has 2 aliphatic heterocycles. The van der Waals surface area contributed by atoms with Gasteiger partial charge in [0, 0.05) is 37.2 Å². The molecule has 11 heteroatoms. The molecule has 0 radical (unpaired) electrons. The number of ether oxygens (including phenoxy) is 2. The summed E-state index contributed by atoms with van der Waals surface area (Å²) in [7, 11) is 1.26. The first-order valence-corrected chi connectivity index (χ1v) is 10.9. The number of methoxy groups -OCH3 is 1. The molecule has 0 atom stereocenters. The van der Waals surface area contributed by atoms with Gasteiger partial charge in [0.1, 0.15) is 13.2 Å². The molecule has 0 saturated carbocycles. The third kappa shape index (κ3) is 3.90. The van der Waals surface area contributed by atoms with Crippen LogP contribution in [-0.4, -0.2) is 69.3 Å². The van der Waals surface area contributed by atoms with E-state index in [0.717, 1.165) is 42.7 Å². The third-order valence-corrected chi connectivity index (χ3v) is 5.94. The smallest absolute Gasteiger partial charge is 0.350 e. The first-order chi connectivity index (χ1) is 16.0. The molecule has 1 fully saturated rings. The maximum Gasteiger partial charge on any atom is 0.350 e. The van der Waals surface area contributed by atoms with Crippen molar-refractivity contribution in [3.63, 3.8) is 0 Å². The number of nitrogens with zero attached hydrogens (tertiary/aromatic N) is 6. The molecule has 3 aromatic rings. The van der Waals surface area contributed by atoms with Gasteiger partial charge in [-0.15, -0.1) is 5.10 Å². The zero-order valence-corrected chi connectivity index (χ0v) is 18.3. The van der Waals surface area contributed by atoms with Gasteiger partial charge in [-0.3, -0.25) is 14.0 Å². The van der Waals surface area contributed by atoms with Crippen LogP contribution in [0, 0.1) is 0 Å². The van der Waals surface area contributed by atoms with Crippen LogP contribution in [0.3, 0.4) is 0 Å². The molecule has 5 rings (SSSR count). The third-order valence-electron chi connectivity index (χ3n) is 5.94. The van der Waals surface area contributed by atoms with E-state index in [1.54, 1.807) is 30.6 Å². The zero-order valence-electron chi connectivity index (χ0n) is 18.3. The van der Waals surface area contributed by atoms with E-state index in [1.807, 2.05) is 9.80 Å². The normalized spacial score (nSPS) is 15.8. The van der Waals surface area contributed by atoms with Gasteiger partial charge in [0.05, 0.1) is 19.2 Å². The molecule has 5 heterocycles. The Bertz CT molecular complexity index is 1280. The number of fused-ring (bicyclic) bond motifs is 2. The van der Waals surface area contributed by atoms with Gasteiger partial charge >= 0.3 is 11.7 Å². The maximum atomic E-state index is 12.9. The Balaban J connectivity index is 1.44. The lowest BCUT2D eigenvalue weighted by Crippen LogP contribution is -2.36. The minimum absolute atomic E-state index is 0.0253. The molecule has 172 valence electrons. The number of carbonyl (C=O) groups excluding carboxylic acids is 2. The fourth-order valence-electron chi connectivity index (χ4n) is 4.21. The van der Waals surface area contributed by atoms with E-state index in [4.69, 9.17) is 4.74 Å². The second-order valence-electron chi connectivity index (χ2n) is 8.03. The number of piperidine rings is 1. The van der Waals surface area contributed by atoms with Crippen molar-refractivity contribution in [1.82, 2.24) is 24.1 Å². The highest BCUT2D eigenvalue weighted by atomic mass is 16.5. The molecule has 3 aromatic heterocycles. The van der Waals surface area contributed by atoms with Crippen LogP contribution in [0.15, 0.2) is 35.4 Å². The largest absolute Gasteiger partial charge is 0.488 e. The molecule has 0 bridgehead atoms. The molecular formula is C22H24N6O5. The number of anilines is 2. The molecule has 0 N–H and O–H groups in total. The van der Waals surface area contributed by atoms with Crippen LogP contribution in [0.2, 0.25) is 0 Å². The van der Waals surface area contributed by atoms with Crippen LogP contribution < -0.4 is 15.3 Å². The predicted molar refractivity (Wildman–Crippen MR) is 118 cm³/mol. The lowest BCUT2D eigenvalue weighted by Gasteiger charge is -2.31. The van der Waals surface area contributed by atoms with Crippen molar-refractivity contribution < 1.29 is 19.1 Å². The number of aromatic nitrogens is 4. The minimum atomic E-state index is -0.554. The number of hydrogen-bond acceptors (Lipinski definition) is 8. The summed E-state index contributed by atoms with van der Waals surface area (Å²) in [6, 6.07) is 5.28. The lowest BCUT2D eigenvalue weighted by atomic mass is 10.1. The van der Waals surface area contributed by atoms with Crippen LogP contribution >= 0.6 is 0 Å². The number of rotatable bonds is 4. The fraction of sp³-hybridized carbons (Fsp3) is 0.409. The first kappa shape index (κ1) is 21.0. The van der Waals surface area contributed by atoms with Crippen molar-refractivity contribution in [2.75, 3.05) is 38.3 Å². The van der Waals surface area contributed by atoms with Crippen molar-refractivity contribution in [3.8, 4) is 5.75 Å². The monoisotopic (exact) mass is 452 g/mol. The minimum Gasteiger partial charge on any atom is -0.488 e. The van der Waals surface area contributed by atoms with Crippen LogP contribution in [0.4, 0.5) is 11.5 Å². The molecular weight excluding hydrogens is 428 g/mol. The molecule has 1 saturated heterocycles. The van der Waals surface area contributed by atoms with E-state index < -0.39 is 11.7 Å². The molecule has 0 aliphatic carbocycles. The Hall–Kier alpha value is -3.89. The summed E-state index contributed by atoms with van der Waals surface area (Å²) in [6.07, 6.45) is 6.40. The summed E-state index contributed by atoms with van der Waals surface area (Å²) in [5, 5.41) is 4.24. The van der Waals surface area contributed by atoms with Gasteiger partial charge in [-0.25, -0.2) is 14.5 Å². The van der Waals surface area contributed by atoms with Crippen LogP contribution in [-0.2, 0) is 16.1 Å². The molecule has 11 nitrogen and oxygen atoms in total. The number of amides is 1. The quantitative estimate of drug-likeness (QED) is 0.544. The highest BCUT2D eigenvalue weighted by Gasteiger charge is 2.25.